The lowest BCUT2D eigenvalue weighted by Gasteiger charge is -2.39. The second kappa shape index (κ2) is 5.23. The van der Waals surface area contributed by atoms with Crippen molar-refractivity contribution >= 4 is 15.7 Å². The summed E-state index contributed by atoms with van der Waals surface area (Å²) in [6.45, 7) is 5.18. The van der Waals surface area contributed by atoms with Crippen molar-refractivity contribution in [2.45, 2.75) is 24.3 Å². The number of likely N-dealkylation sites (N-methyl/N-ethyl adjacent to an activating group) is 1. The Bertz CT molecular complexity index is 599. The Balaban J connectivity index is 2.36. The molecule has 0 radical (unpaired) electrons. The molecule has 0 amide bonds. The second-order valence-corrected chi connectivity index (χ2v) is 7.30. The summed E-state index contributed by atoms with van der Waals surface area (Å²) in [5.41, 5.74) is 5.81. The van der Waals surface area contributed by atoms with Crippen molar-refractivity contribution < 1.29 is 13.2 Å². The Labute approximate surface area is 120 Å². The highest BCUT2D eigenvalue weighted by Gasteiger charge is 2.30. The Hall–Kier alpha value is -1.31. The van der Waals surface area contributed by atoms with E-state index in [1.54, 1.807) is 18.2 Å². The van der Waals surface area contributed by atoms with Crippen molar-refractivity contribution in [1.29, 1.82) is 0 Å². The summed E-state index contributed by atoms with van der Waals surface area (Å²) in [5, 5.41) is 0. The average molecular weight is 299 g/mol. The van der Waals surface area contributed by atoms with Crippen LogP contribution in [-0.2, 0) is 10.0 Å². The van der Waals surface area contributed by atoms with E-state index in [0.29, 0.717) is 12.3 Å². The number of sulfonamides is 1. The van der Waals surface area contributed by atoms with E-state index in [2.05, 4.69) is 4.72 Å². The van der Waals surface area contributed by atoms with Crippen molar-refractivity contribution in [3.63, 3.8) is 0 Å². The first-order valence-corrected chi connectivity index (χ1v) is 7.97. The van der Waals surface area contributed by atoms with E-state index in [4.69, 9.17) is 10.5 Å². The van der Waals surface area contributed by atoms with Crippen LogP contribution in [0, 0.1) is 0 Å². The van der Waals surface area contributed by atoms with Gasteiger partial charge >= 0.3 is 0 Å². The molecule has 0 spiro atoms. The van der Waals surface area contributed by atoms with Crippen molar-refractivity contribution in [3.8, 4) is 5.75 Å². The molecule has 1 heterocycles. The van der Waals surface area contributed by atoms with Crippen molar-refractivity contribution in [2.24, 2.45) is 5.73 Å². The highest BCUT2D eigenvalue weighted by Crippen LogP contribution is 2.37. The molecular formula is C13H21N3O3S. The Morgan fingerprint density at radius 3 is 2.80 bits per heavy atom. The molecule has 1 aliphatic rings. The molecule has 6 nitrogen and oxygen atoms in total. The van der Waals surface area contributed by atoms with E-state index in [9.17, 15) is 8.42 Å². The molecule has 2 rings (SSSR count). The molecule has 3 N–H and O–H groups in total. The maximum absolute atomic E-state index is 12.1. The maximum atomic E-state index is 12.1. The van der Waals surface area contributed by atoms with Crippen LogP contribution in [-0.4, -0.2) is 40.7 Å². The molecule has 1 aromatic rings. The number of hydrogen-bond acceptors (Lipinski definition) is 5. The molecule has 1 aromatic carbocycles. The van der Waals surface area contributed by atoms with Gasteiger partial charge in [0.15, 0.2) is 0 Å². The molecule has 0 atom stereocenters. The molecule has 1 aliphatic heterocycles. The minimum Gasteiger partial charge on any atom is -0.484 e. The Morgan fingerprint density at radius 1 is 1.45 bits per heavy atom. The minimum atomic E-state index is -3.52. The quantitative estimate of drug-likeness (QED) is 0.847. The van der Waals surface area contributed by atoms with Crippen LogP contribution in [0.1, 0.15) is 13.8 Å². The van der Waals surface area contributed by atoms with E-state index < -0.39 is 10.0 Å². The third-order valence-corrected chi connectivity index (χ3v) is 4.55. The summed E-state index contributed by atoms with van der Waals surface area (Å²) < 4.78 is 32.5. The topological polar surface area (TPSA) is 84.7 Å². The van der Waals surface area contributed by atoms with Gasteiger partial charge in [0, 0.05) is 20.1 Å². The van der Waals surface area contributed by atoms with Crippen LogP contribution in [0.15, 0.2) is 23.1 Å². The van der Waals surface area contributed by atoms with Crippen LogP contribution in [0.5, 0.6) is 5.75 Å². The lowest BCUT2D eigenvalue weighted by Crippen LogP contribution is -2.45. The molecule has 20 heavy (non-hydrogen) atoms. The van der Waals surface area contributed by atoms with E-state index in [1.807, 2.05) is 25.8 Å². The molecule has 0 saturated carbocycles. The number of hydrogen-bond donors (Lipinski definition) is 2. The predicted molar refractivity (Wildman–Crippen MR) is 78.7 cm³/mol. The smallest absolute Gasteiger partial charge is 0.240 e. The molecule has 0 unspecified atom stereocenters. The van der Waals surface area contributed by atoms with Gasteiger partial charge in [-0.1, -0.05) is 0 Å². The van der Waals surface area contributed by atoms with E-state index >= 15 is 0 Å². The SMILES string of the molecule is CN1CC(C)(C)Oc2ccc(S(=O)(=O)NCCN)cc21. The van der Waals surface area contributed by atoms with E-state index in [-0.39, 0.29) is 23.6 Å². The third-order valence-electron chi connectivity index (χ3n) is 3.09. The van der Waals surface area contributed by atoms with Crippen LogP contribution >= 0.6 is 0 Å². The fourth-order valence-corrected chi connectivity index (χ4v) is 3.38. The van der Waals surface area contributed by atoms with Crippen molar-refractivity contribution in [1.82, 2.24) is 4.72 Å². The van der Waals surface area contributed by atoms with Gasteiger partial charge in [-0.25, -0.2) is 13.1 Å². The first kappa shape index (κ1) is 15.1. The molecule has 112 valence electrons. The fourth-order valence-electron chi connectivity index (χ4n) is 2.31. The lowest BCUT2D eigenvalue weighted by molar-refractivity contribution is 0.107. The maximum Gasteiger partial charge on any atom is 0.240 e. The standard InChI is InChI=1S/C13H21N3O3S/c1-13(2)9-16(3)11-8-10(4-5-12(11)19-13)20(17,18)15-7-6-14/h4-5,8,15H,6-7,9,14H2,1-3H3. The summed E-state index contributed by atoms with van der Waals surface area (Å²) >= 11 is 0. The van der Waals surface area contributed by atoms with Crippen LogP contribution < -0.4 is 20.1 Å². The van der Waals surface area contributed by atoms with Crippen LogP contribution in [0.2, 0.25) is 0 Å². The minimum absolute atomic E-state index is 0.221. The van der Waals surface area contributed by atoms with Crippen molar-refractivity contribution in [2.75, 3.05) is 31.6 Å². The molecule has 0 bridgehead atoms. The first-order valence-electron chi connectivity index (χ1n) is 6.49. The zero-order chi connectivity index (χ0) is 15.0. The van der Waals surface area contributed by atoms with Gasteiger partial charge in [0.25, 0.3) is 0 Å². The largest absolute Gasteiger partial charge is 0.484 e. The Kier molecular flexibility index (Phi) is 3.95. The summed E-state index contributed by atoms with van der Waals surface area (Å²) in [5.74, 6) is 0.696. The lowest BCUT2D eigenvalue weighted by atomic mass is 10.1. The summed E-state index contributed by atoms with van der Waals surface area (Å²) in [6.07, 6.45) is 0. The monoisotopic (exact) mass is 299 g/mol. The third kappa shape index (κ3) is 3.05. The van der Waals surface area contributed by atoms with Gasteiger partial charge in [-0.3, -0.25) is 0 Å². The average Bonchev–Trinajstić information content (AvgIpc) is 2.34. The number of fused-ring (bicyclic) bond motifs is 1. The number of anilines is 1. The number of nitrogens with two attached hydrogens (primary N) is 1. The number of nitrogens with one attached hydrogen (secondary N) is 1. The molecule has 0 fully saturated rings. The summed E-state index contributed by atoms with van der Waals surface area (Å²) in [6, 6.07) is 4.88. The van der Waals surface area contributed by atoms with Gasteiger partial charge in [-0.2, -0.15) is 0 Å². The van der Waals surface area contributed by atoms with Gasteiger partial charge in [-0.15, -0.1) is 0 Å². The van der Waals surface area contributed by atoms with Crippen LogP contribution in [0.3, 0.4) is 0 Å². The zero-order valence-electron chi connectivity index (χ0n) is 12.0. The number of ether oxygens (including phenoxy) is 1. The van der Waals surface area contributed by atoms with E-state index in [1.165, 1.54) is 0 Å². The molecule has 7 heteroatoms. The summed E-state index contributed by atoms with van der Waals surface area (Å²) in [7, 11) is -1.60. The van der Waals surface area contributed by atoms with Gasteiger partial charge < -0.3 is 15.4 Å². The molecule has 0 saturated heterocycles. The normalized spacial score (nSPS) is 17.5. The first-order chi connectivity index (χ1) is 9.25. The van der Waals surface area contributed by atoms with Gasteiger partial charge in [0.2, 0.25) is 10.0 Å². The molecule has 0 aliphatic carbocycles. The molecular weight excluding hydrogens is 278 g/mol. The predicted octanol–water partition coefficient (Wildman–Crippen LogP) is 0.531. The summed E-state index contributed by atoms with van der Waals surface area (Å²) in [4.78, 5) is 2.22. The fraction of sp³-hybridized carbons (Fsp3) is 0.538. The number of rotatable bonds is 4. The van der Waals surface area contributed by atoms with Crippen molar-refractivity contribution in [3.05, 3.63) is 18.2 Å². The van der Waals surface area contributed by atoms with Gasteiger partial charge in [0.05, 0.1) is 17.1 Å². The highest BCUT2D eigenvalue weighted by atomic mass is 32.2. The second-order valence-electron chi connectivity index (χ2n) is 5.53. The Morgan fingerprint density at radius 2 is 2.15 bits per heavy atom. The number of benzene rings is 1. The zero-order valence-corrected chi connectivity index (χ0v) is 12.8. The van der Waals surface area contributed by atoms with Crippen LogP contribution in [0.25, 0.3) is 0 Å². The van der Waals surface area contributed by atoms with Gasteiger partial charge in [0.1, 0.15) is 11.4 Å². The van der Waals surface area contributed by atoms with Gasteiger partial charge in [-0.05, 0) is 32.0 Å². The number of nitrogens with zero attached hydrogens (tertiary/aromatic N) is 1. The van der Waals surface area contributed by atoms with E-state index in [0.717, 1.165) is 5.69 Å². The van der Waals surface area contributed by atoms with Crippen LogP contribution in [0.4, 0.5) is 5.69 Å². The molecule has 0 aromatic heterocycles. The highest BCUT2D eigenvalue weighted by molar-refractivity contribution is 7.89.